The van der Waals surface area contributed by atoms with E-state index >= 15 is 0 Å². The van der Waals surface area contributed by atoms with E-state index in [0.717, 1.165) is 5.56 Å². The smallest absolute Gasteiger partial charge is 0.328 e. The lowest BCUT2D eigenvalue weighted by atomic mass is 10.1. The Morgan fingerprint density at radius 2 is 1.92 bits per heavy atom. The van der Waals surface area contributed by atoms with Gasteiger partial charge in [-0.25, -0.2) is 4.79 Å². The van der Waals surface area contributed by atoms with Crippen molar-refractivity contribution in [1.29, 1.82) is 0 Å². The van der Waals surface area contributed by atoms with Crippen LogP contribution in [0.2, 0.25) is 0 Å². The molecule has 1 N–H and O–H groups in total. The second kappa shape index (κ2) is 8.94. The fraction of sp³-hybridized carbons (Fsp3) is 0.368. The molecule has 0 bridgehead atoms. The minimum absolute atomic E-state index is 0.123. The minimum Gasteiger partial charge on any atom is -0.497 e. The van der Waals surface area contributed by atoms with E-state index < -0.39 is 17.9 Å². The summed E-state index contributed by atoms with van der Waals surface area (Å²) in [4.78, 5) is 23.8. The van der Waals surface area contributed by atoms with Gasteiger partial charge in [0.15, 0.2) is 5.76 Å². The van der Waals surface area contributed by atoms with Crippen LogP contribution in [-0.2, 0) is 16.0 Å². The molecule has 0 aliphatic heterocycles. The van der Waals surface area contributed by atoms with Gasteiger partial charge >= 0.3 is 5.97 Å². The molecular formula is C19H23NO6. The average Bonchev–Trinajstić information content (AvgIpc) is 3.10. The third-order valence-electron chi connectivity index (χ3n) is 3.73. The van der Waals surface area contributed by atoms with Crippen molar-refractivity contribution in [3.63, 3.8) is 0 Å². The first-order valence-corrected chi connectivity index (χ1v) is 8.25. The highest BCUT2D eigenvalue weighted by atomic mass is 16.5. The summed E-state index contributed by atoms with van der Waals surface area (Å²) >= 11 is 0. The Hall–Kier alpha value is -2.96. The summed E-state index contributed by atoms with van der Waals surface area (Å²) in [6.07, 6.45) is 0.432. The van der Waals surface area contributed by atoms with Crippen molar-refractivity contribution in [3.8, 4) is 11.5 Å². The molecule has 7 heteroatoms. The summed E-state index contributed by atoms with van der Waals surface area (Å²) in [5.41, 5.74) is 0.869. The van der Waals surface area contributed by atoms with Crippen molar-refractivity contribution in [2.45, 2.75) is 26.3 Å². The van der Waals surface area contributed by atoms with E-state index in [2.05, 4.69) is 5.32 Å². The van der Waals surface area contributed by atoms with Gasteiger partial charge < -0.3 is 23.9 Å². The third-order valence-corrected chi connectivity index (χ3v) is 3.73. The number of nitrogens with one attached hydrogen (secondary N) is 1. The fourth-order valence-electron chi connectivity index (χ4n) is 2.40. The number of carbonyl (C=O) groups excluding carboxylic acids is 2. The molecule has 2 rings (SSSR count). The van der Waals surface area contributed by atoms with Crippen LogP contribution in [0.1, 0.15) is 35.7 Å². The number of carbonyl (C=O) groups is 2. The predicted octanol–water partition coefficient (Wildman–Crippen LogP) is 2.57. The highest BCUT2D eigenvalue weighted by molar-refractivity contribution is 5.94. The van der Waals surface area contributed by atoms with Crippen molar-refractivity contribution in [3.05, 3.63) is 47.4 Å². The normalized spacial score (nSPS) is 11.5. The molecule has 26 heavy (non-hydrogen) atoms. The van der Waals surface area contributed by atoms with Gasteiger partial charge in [0.1, 0.15) is 23.3 Å². The number of hydrogen-bond donors (Lipinski definition) is 1. The van der Waals surface area contributed by atoms with E-state index in [4.69, 9.17) is 18.6 Å². The number of rotatable bonds is 8. The maximum atomic E-state index is 12.2. The van der Waals surface area contributed by atoms with Crippen molar-refractivity contribution in [2.75, 3.05) is 20.8 Å². The Morgan fingerprint density at radius 3 is 2.58 bits per heavy atom. The van der Waals surface area contributed by atoms with E-state index in [0.29, 0.717) is 23.7 Å². The van der Waals surface area contributed by atoms with Gasteiger partial charge in [0.05, 0.1) is 20.8 Å². The summed E-state index contributed by atoms with van der Waals surface area (Å²) < 4.78 is 21.0. The van der Waals surface area contributed by atoms with Crippen molar-refractivity contribution < 1.29 is 28.2 Å². The van der Waals surface area contributed by atoms with E-state index in [-0.39, 0.29) is 12.4 Å². The molecule has 1 heterocycles. The van der Waals surface area contributed by atoms with Crippen LogP contribution in [0.4, 0.5) is 0 Å². The largest absolute Gasteiger partial charge is 0.497 e. The van der Waals surface area contributed by atoms with Crippen LogP contribution in [0.5, 0.6) is 11.5 Å². The minimum atomic E-state index is -0.755. The first-order chi connectivity index (χ1) is 12.5. The average molecular weight is 361 g/mol. The van der Waals surface area contributed by atoms with Crippen LogP contribution < -0.4 is 14.8 Å². The van der Waals surface area contributed by atoms with Gasteiger partial charge in [-0.3, -0.25) is 4.79 Å². The van der Waals surface area contributed by atoms with Crippen molar-refractivity contribution >= 4 is 11.9 Å². The van der Waals surface area contributed by atoms with Crippen LogP contribution >= 0.6 is 0 Å². The molecule has 1 aromatic heterocycles. The quantitative estimate of drug-likeness (QED) is 0.727. The van der Waals surface area contributed by atoms with Crippen LogP contribution in [0.15, 0.2) is 34.7 Å². The number of furan rings is 1. The first kappa shape index (κ1) is 19.4. The van der Waals surface area contributed by atoms with E-state index in [9.17, 15) is 9.59 Å². The number of methoxy groups -OCH3 is 2. The number of amides is 1. The third kappa shape index (κ3) is 4.78. The lowest BCUT2D eigenvalue weighted by molar-refractivity contribution is -0.144. The van der Waals surface area contributed by atoms with Crippen LogP contribution in [-0.4, -0.2) is 38.7 Å². The molecule has 0 saturated carbocycles. The van der Waals surface area contributed by atoms with Gasteiger partial charge in [-0.05, 0) is 44.2 Å². The highest BCUT2D eigenvalue weighted by Crippen LogP contribution is 2.26. The first-order valence-electron chi connectivity index (χ1n) is 8.25. The van der Waals surface area contributed by atoms with E-state index in [1.807, 2.05) is 12.1 Å². The van der Waals surface area contributed by atoms with Gasteiger partial charge in [-0.2, -0.15) is 0 Å². The van der Waals surface area contributed by atoms with Gasteiger partial charge in [0.25, 0.3) is 5.91 Å². The Kier molecular flexibility index (Phi) is 6.66. The molecule has 0 aliphatic rings. The van der Waals surface area contributed by atoms with Crippen LogP contribution in [0.3, 0.4) is 0 Å². The van der Waals surface area contributed by atoms with Crippen LogP contribution in [0, 0.1) is 0 Å². The molecule has 0 saturated heterocycles. The zero-order chi connectivity index (χ0) is 19.1. The molecule has 0 fully saturated rings. The SMILES string of the molecule is CCOC(=O)C(C)NC(=O)c1ccc(Cc2cc(OC)ccc2OC)o1. The Bertz CT molecular complexity index is 767. The lowest BCUT2D eigenvalue weighted by Gasteiger charge is -2.11. The van der Waals surface area contributed by atoms with Crippen molar-refractivity contribution in [1.82, 2.24) is 5.32 Å². The zero-order valence-electron chi connectivity index (χ0n) is 15.3. The number of benzene rings is 1. The zero-order valence-corrected chi connectivity index (χ0v) is 15.3. The number of ether oxygens (including phenoxy) is 3. The Labute approximate surface area is 152 Å². The molecule has 1 unspecified atom stereocenters. The second-order valence-corrected chi connectivity index (χ2v) is 5.57. The van der Waals surface area contributed by atoms with Gasteiger partial charge in [0.2, 0.25) is 0 Å². The topological polar surface area (TPSA) is 87.0 Å². The van der Waals surface area contributed by atoms with E-state index in [1.165, 1.54) is 0 Å². The standard InChI is InChI=1S/C19H23NO6/c1-5-25-19(22)12(2)20-18(21)17-9-7-15(26-17)11-13-10-14(23-3)6-8-16(13)24-4/h6-10,12H,5,11H2,1-4H3,(H,20,21). The summed E-state index contributed by atoms with van der Waals surface area (Å²) in [6.45, 7) is 3.52. The summed E-state index contributed by atoms with van der Waals surface area (Å²) in [7, 11) is 3.18. The number of hydrogen-bond acceptors (Lipinski definition) is 6. The molecule has 2 aromatic rings. The van der Waals surface area contributed by atoms with E-state index in [1.54, 1.807) is 46.3 Å². The summed E-state index contributed by atoms with van der Waals surface area (Å²) in [5, 5.41) is 2.55. The second-order valence-electron chi connectivity index (χ2n) is 5.57. The van der Waals surface area contributed by atoms with Gasteiger partial charge in [-0.1, -0.05) is 0 Å². The molecule has 1 amide bonds. The molecule has 0 radical (unpaired) electrons. The molecule has 0 aliphatic carbocycles. The van der Waals surface area contributed by atoms with Gasteiger partial charge in [-0.15, -0.1) is 0 Å². The van der Waals surface area contributed by atoms with Crippen LogP contribution in [0.25, 0.3) is 0 Å². The Balaban J connectivity index is 2.08. The molecule has 140 valence electrons. The molecule has 1 aromatic carbocycles. The number of esters is 1. The van der Waals surface area contributed by atoms with Gasteiger partial charge in [0, 0.05) is 12.0 Å². The molecular weight excluding hydrogens is 338 g/mol. The lowest BCUT2D eigenvalue weighted by Crippen LogP contribution is -2.39. The summed E-state index contributed by atoms with van der Waals surface area (Å²) in [6, 6.07) is 7.99. The molecule has 0 spiro atoms. The Morgan fingerprint density at radius 1 is 1.15 bits per heavy atom. The molecule has 7 nitrogen and oxygen atoms in total. The van der Waals surface area contributed by atoms with Crippen molar-refractivity contribution in [2.24, 2.45) is 0 Å². The fourth-order valence-corrected chi connectivity index (χ4v) is 2.40. The highest BCUT2D eigenvalue weighted by Gasteiger charge is 2.20. The predicted molar refractivity (Wildman–Crippen MR) is 94.6 cm³/mol. The maximum absolute atomic E-state index is 12.2. The maximum Gasteiger partial charge on any atom is 0.328 e. The monoisotopic (exact) mass is 361 g/mol. The molecule has 1 atom stereocenters. The summed E-state index contributed by atoms with van der Waals surface area (Å²) in [5.74, 6) is 1.14.